The molecular formula is C26H27N7O. The minimum Gasteiger partial charge on any atom is -0.368 e. The number of aryl methyl sites for hydroxylation is 1. The first-order chi connectivity index (χ1) is 16.6. The summed E-state index contributed by atoms with van der Waals surface area (Å²) in [6.45, 7) is 4.81. The Morgan fingerprint density at radius 2 is 1.85 bits per heavy atom. The monoisotopic (exact) mass is 453 g/mol. The summed E-state index contributed by atoms with van der Waals surface area (Å²) in [5.74, 6) is 1.82. The van der Waals surface area contributed by atoms with Crippen molar-refractivity contribution in [2.24, 2.45) is 11.8 Å². The molecule has 4 aromatic rings. The zero-order chi connectivity index (χ0) is 23.2. The summed E-state index contributed by atoms with van der Waals surface area (Å²) >= 11 is 0. The standard InChI is InChI=1S/C26H27N7O/c1-16-7-8-22(33-29-9-10-30-33)25(31-16)26(34)32-21-11-20(12-21)17(2)23(32)15-28-24-13-18-5-3-4-6-19(18)14-27-24/h3-10,13-14,17,20-21,23H,11-12,15H2,1-2H3,(H,27,28)/t17-,20?,21?,23?/m1/s1. The van der Waals surface area contributed by atoms with E-state index < -0.39 is 0 Å². The fourth-order valence-electron chi connectivity index (χ4n) is 5.45. The Morgan fingerprint density at radius 3 is 2.65 bits per heavy atom. The van der Waals surface area contributed by atoms with Gasteiger partial charge in [0.2, 0.25) is 0 Å². The van der Waals surface area contributed by atoms with Crippen molar-refractivity contribution in [3.8, 4) is 5.69 Å². The van der Waals surface area contributed by atoms with E-state index in [1.807, 2.05) is 37.4 Å². The third kappa shape index (κ3) is 3.50. The maximum absolute atomic E-state index is 14.0. The highest BCUT2D eigenvalue weighted by Crippen LogP contribution is 2.47. The van der Waals surface area contributed by atoms with Gasteiger partial charge >= 0.3 is 0 Å². The predicted molar refractivity (Wildman–Crippen MR) is 130 cm³/mol. The topological polar surface area (TPSA) is 88.8 Å². The molecule has 0 spiro atoms. The maximum Gasteiger partial charge on any atom is 0.275 e. The zero-order valence-corrected chi connectivity index (χ0v) is 19.3. The molecule has 5 heterocycles. The first kappa shape index (κ1) is 20.8. The third-order valence-corrected chi connectivity index (χ3v) is 7.46. The van der Waals surface area contributed by atoms with Crippen LogP contribution in [0.25, 0.3) is 16.5 Å². The Kier molecular flexibility index (Phi) is 5.01. The average Bonchev–Trinajstić information content (AvgIpc) is 3.36. The van der Waals surface area contributed by atoms with Gasteiger partial charge in [0, 0.05) is 29.9 Å². The van der Waals surface area contributed by atoms with Gasteiger partial charge in [-0.2, -0.15) is 10.2 Å². The molecule has 3 fully saturated rings. The molecule has 2 saturated heterocycles. The van der Waals surface area contributed by atoms with Crippen molar-refractivity contribution in [2.75, 3.05) is 11.9 Å². The van der Waals surface area contributed by atoms with Crippen LogP contribution in [0.3, 0.4) is 0 Å². The van der Waals surface area contributed by atoms with Crippen molar-refractivity contribution in [1.82, 2.24) is 29.9 Å². The summed E-state index contributed by atoms with van der Waals surface area (Å²) < 4.78 is 0. The van der Waals surface area contributed by atoms with E-state index in [4.69, 9.17) is 0 Å². The highest BCUT2D eigenvalue weighted by Gasteiger charge is 2.51. The lowest BCUT2D eigenvalue weighted by atomic mass is 9.64. The molecule has 7 rings (SSSR count). The van der Waals surface area contributed by atoms with Crippen molar-refractivity contribution >= 4 is 22.5 Å². The molecule has 1 aliphatic carbocycles. The molecule has 0 radical (unpaired) electrons. The number of carbonyl (C=O) groups is 1. The Morgan fingerprint density at radius 1 is 1.09 bits per heavy atom. The second-order valence-electron chi connectivity index (χ2n) is 9.46. The molecule has 34 heavy (non-hydrogen) atoms. The molecule has 1 aromatic carbocycles. The van der Waals surface area contributed by atoms with E-state index in [1.165, 1.54) is 4.80 Å². The molecular weight excluding hydrogens is 426 g/mol. The lowest BCUT2D eigenvalue weighted by Gasteiger charge is -2.57. The van der Waals surface area contributed by atoms with Gasteiger partial charge in [-0.3, -0.25) is 4.79 Å². The number of fused-ring (bicyclic) bond motifs is 3. The molecule has 1 unspecified atom stereocenters. The van der Waals surface area contributed by atoms with Crippen LogP contribution in [0, 0.1) is 18.8 Å². The first-order valence-corrected chi connectivity index (χ1v) is 11.8. The lowest BCUT2D eigenvalue weighted by molar-refractivity contribution is -0.0505. The molecule has 1 amide bonds. The minimum atomic E-state index is -0.0516. The van der Waals surface area contributed by atoms with Crippen LogP contribution in [-0.2, 0) is 0 Å². The van der Waals surface area contributed by atoms with Gasteiger partial charge in [-0.05, 0) is 55.2 Å². The van der Waals surface area contributed by atoms with E-state index in [-0.39, 0.29) is 18.0 Å². The van der Waals surface area contributed by atoms with Gasteiger partial charge in [-0.1, -0.05) is 31.2 Å². The normalized spacial score (nSPS) is 23.5. The second-order valence-corrected chi connectivity index (χ2v) is 9.46. The number of piperidine rings is 2. The van der Waals surface area contributed by atoms with Crippen LogP contribution in [0.1, 0.15) is 35.9 Å². The number of nitrogens with zero attached hydrogens (tertiary/aromatic N) is 6. The van der Waals surface area contributed by atoms with E-state index in [0.717, 1.165) is 35.1 Å². The van der Waals surface area contributed by atoms with Gasteiger partial charge in [0.25, 0.3) is 5.91 Å². The van der Waals surface area contributed by atoms with Crippen LogP contribution < -0.4 is 5.32 Å². The van der Waals surface area contributed by atoms with Crippen LogP contribution in [0.15, 0.2) is 61.1 Å². The quantitative estimate of drug-likeness (QED) is 0.494. The van der Waals surface area contributed by atoms with Gasteiger partial charge in [-0.15, -0.1) is 4.80 Å². The number of aromatic nitrogens is 5. The van der Waals surface area contributed by atoms with Gasteiger partial charge in [-0.25, -0.2) is 9.97 Å². The van der Waals surface area contributed by atoms with Gasteiger partial charge in [0.15, 0.2) is 5.69 Å². The largest absolute Gasteiger partial charge is 0.368 e. The molecule has 8 heteroatoms. The number of hydrogen-bond acceptors (Lipinski definition) is 6. The molecule has 3 aliphatic rings. The number of anilines is 1. The number of rotatable bonds is 5. The highest BCUT2D eigenvalue weighted by atomic mass is 16.2. The van der Waals surface area contributed by atoms with Crippen LogP contribution in [-0.4, -0.2) is 54.4 Å². The van der Waals surface area contributed by atoms with Crippen molar-refractivity contribution in [3.05, 3.63) is 72.4 Å². The van der Waals surface area contributed by atoms with E-state index in [1.54, 1.807) is 12.4 Å². The fourth-order valence-corrected chi connectivity index (χ4v) is 5.45. The number of pyridine rings is 2. The van der Waals surface area contributed by atoms with E-state index in [9.17, 15) is 4.79 Å². The van der Waals surface area contributed by atoms with Crippen LogP contribution in [0.2, 0.25) is 0 Å². The molecule has 2 atom stereocenters. The Balaban J connectivity index is 1.30. The Hall–Kier alpha value is -3.81. The second kappa shape index (κ2) is 8.20. The summed E-state index contributed by atoms with van der Waals surface area (Å²) in [5.41, 5.74) is 1.81. The number of hydrogen-bond donors (Lipinski definition) is 1. The van der Waals surface area contributed by atoms with Crippen molar-refractivity contribution in [1.29, 1.82) is 0 Å². The van der Waals surface area contributed by atoms with Crippen molar-refractivity contribution < 1.29 is 4.79 Å². The van der Waals surface area contributed by atoms with E-state index >= 15 is 0 Å². The number of carbonyl (C=O) groups excluding carboxylic acids is 1. The first-order valence-electron chi connectivity index (χ1n) is 11.8. The van der Waals surface area contributed by atoms with Gasteiger partial charge in [0.1, 0.15) is 11.5 Å². The maximum atomic E-state index is 14.0. The van der Waals surface area contributed by atoms with Crippen LogP contribution in [0.5, 0.6) is 0 Å². The number of amides is 1. The minimum absolute atomic E-state index is 0.0516. The molecule has 172 valence electrons. The SMILES string of the molecule is Cc1ccc(-n2nccn2)c(C(=O)N2C3CC(C3)[C@@H](C)C2CNc2cc3ccccc3cn2)n1. The molecule has 2 aliphatic heterocycles. The average molecular weight is 454 g/mol. The lowest BCUT2D eigenvalue weighted by Crippen LogP contribution is -2.64. The summed E-state index contributed by atoms with van der Waals surface area (Å²) in [4.78, 5) is 26.8. The molecule has 1 N–H and O–H groups in total. The fraction of sp³-hybridized carbons (Fsp3) is 0.346. The third-order valence-electron chi connectivity index (χ3n) is 7.46. The molecule has 8 nitrogen and oxygen atoms in total. The van der Waals surface area contributed by atoms with Gasteiger partial charge < -0.3 is 10.2 Å². The summed E-state index contributed by atoms with van der Waals surface area (Å²) in [6, 6.07) is 14.3. The van der Waals surface area contributed by atoms with E-state index in [2.05, 4.69) is 55.5 Å². The Labute approximate surface area is 198 Å². The molecule has 1 saturated carbocycles. The van der Waals surface area contributed by atoms with Crippen LogP contribution >= 0.6 is 0 Å². The highest BCUT2D eigenvalue weighted by molar-refractivity contribution is 5.96. The smallest absolute Gasteiger partial charge is 0.275 e. The van der Waals surface area contributed by atoms with Crippen molar-refractivity contribution in [2.45, 2.75) is 38.8 Å². The number of benzene rings is 1. The zero-order valence-electron chi connectivity index (χ0n) is 19.3. The van der Waals surface area contributed by atoms with E-state index in [0.29, 0.717) is 29.8 Å². The van der Waals surface area contributed by atoms with Gasteiger partial charge in [0.05, 0.1) is 18.4 Å². The Bertz CT molecular complexity index is 1350. The van der Waals surface area contributed by atoms with Crippen LogP contribution in [0.4, 0.5) is 5.82 Å². The van der Waals surface area contributed by atoms with Crippen molar-refractivity contribution in [3.63, 3.8) is 0 Å². The molecule has 2 bridgehead atoms. The molecule has 3 aromatic heterocycles. The summed E-state index contributed by atoms with van der Waals surface area (Å²) in [6.07, 6.45) is 7.22. The summed E-state index contributed by atoms with van der Waals surface area (Å²) in [5, 5.41) is 14.3. The summed E-state index contributed by atoms with van der Waals surface area (Å²) in [7, 11) is 0. The number of nitrogens with one attached hydrogen (secondary N) is 1. The predicted octanol–water partition coefficient (Wildman–Crippen LogP) is 3.87.